The second-order valence-corrected chi connectivity index (χ2v) is 5.69. The third-order valence-electron chi connectivity index (χ3n) is 3.45. The lowest BCUT2D eigenvalue weighted by Crippen LogP contribution is -2.04. The van der Waals surface area contributed by atoms with E-state index >= 15 is 0 Å². The molecule has 2 heterocycles. The van der Waals surface area contributed by atoms with Crippen molar-refractivity contribution < 1.29 is 0 Å². The van der Waals surface area contributed by atoms with Gasteiger partial charge in [0.2, 0.25) is 5.95 Å². The number of halogens is 1. The fourth-order valence-corrected chi connectivity index (χ4v) is 2.55. The number of nitrogens with one attached hydrogen (secondary N) is 2. The third-order valence-corrected chi connectivity index (χ3v) is 3.69. The number of aromatic nitrogens is 4. The largest absolute Gasteiger partial charge is 0.338 e. The first-order valence-corrected chi connectivity index (χ1v) is 7.99. The van der Waals surface area contributed by atoms with Gasteiger partial charge in [0.15, 0.2) is 17.0 Å². The van der Waals surface area contributed by atoms with E-state index in [1.807, 2.05) is 48.5 Å². The van der Waals surface area contributed by atoms with Gasteiger partial charge in [-0.25, -0.2) is 9.97 Å². The van der Waals surface area contributed by atoms with E-state index in [1.165, 1.54) is 0 Å². The zero-order valence-electron chi connectivity index (χ0n) is 13.0. The number of para-hydroxylation sites is 1. The monoisotopic (exact) mass is 348 g/mol. The van der Waals surface area contributed by atoms with Crippen molar-refractivity contribution in [2.45, 2.75) is 0 Å². The number of hydrogen-bond acceptors (Lipinski definition) is 6. The molecule has 0 aliphatic rings. The molecule has 2 aromatic carbocycles. The van der Waals surface area contributed by atoms with Crippen LogP contribution >= 0.6 is 11.6 Å². The Hall–Kier alpha value is -3.25. The van der Waals surface area contributed by atoms with Crippen LogP contribution in [0.5, 0.6) is 0 Å². The molecule has 0 unspecified atom stereocenters. The molecule has 122 valence electrons. The van der Waals surface area contributed by atoms with E-state index in [4.69, 9.17) is 11.6 Å². The second kappa shape index (κ2) is 6.70. The summed E-state index contributed by atoms with van der Waals surface area (Å²) in [5, 5.41) is 7.05. The fraction of sp³-hybridized carbons (Fsp3) is 0. The highest BCUT2D eigenvalue weighted by molar-refractivity contribution is 6.30. The number of anilines is 4. The van der Waals surface area contributed by atoms with Gasteiger partial charge >= 0.3 is 0 Å². The van der Waals surface area contributed by atoms with E-state index < -0.39 is 0 Å². The van der Waals surface area contributed by atoms with E-state index in [0.29, 0.717) is 28.0 Å². The molecule has 7 heteroatoms. The summed E-state index contributed by atoms with van der Waals surface area (Å²) in [7, 11) is 0. The van der Waals surface area contributed by atoms with E-state index in [-0.39, 0.29) is 0 Å². The Labute approximate surface area is 149 Å². The number of hydrogen-bond donors (Lipinski definition) is 2. The molecule has 0 saturated heterocycles. The van der Waals surface area contributed by atoms with Crippen molar-refractivity contribution in [3.05, 3.63) is 72.0 Å². The van der Waals surface area contributed by atoms with Crippen LogP contribution in [0.25, 0.3) is 11.2 Å². The molecule has 0 radical (unpaired) electrons. The zero-order chi connectivity index (χ0) is 17.1. The minimum atomic E-state index is 0.411. The van der Waals surface area contributed by atoms with Crippen molar-refractivity contribution in [2.75, 3.05) is 10.6 Å². The van der Waals surface area contributed by atoms with Gasteiger partial charge < -0.3 is 10.6 Å². The summed E-state index contributed by atoms with van der Waals surface area (Å²) in [6.45, 7) is 0. The SMILES string of the molecule is Clc1cccc(Nc2nc(Nc3ccccc3)c3nccnc3n2)c1. The summed E-state index contributed by atoms with van der Waals surface area (Å²) in [4.78, 5) is 17.6. The summed E-state index contributed by atoms with van der Waals surface area (Å²) in [5.41, 5.74) is 2.80. The highest BCUT2D eigenvalue weighted by Crippen LogP contribution is 2.24. The summed E-state index contributed by atoms with van der Waals surface area (Å²) in [6.07, 6.45) is 3.22. The lowest BCUT2D eigenvalue weighted by Gasteiger charge is -2.11. The van der Waals surface area contributed by atoms with E-state index in [2.05, 4.69) is 30.6 Å². The van der Waals surface area contributed by atoms with Crippen molar-refractivity contribution in [3.8, 4) is 0 Å². The molecule has 0 atom stereocenters. The smallest absolute Gasteiger partial charge is 0.231 e. The molecule has 0 saturated carbocycles. The van der Waals surface area contributed by atoms with Crippen LogP contribution in [0.1, 0.15) is 0 Å². The number of fused-ring (bicyclic) bond motifs is 1. The number of benzene rings is 2. The number of nitrogens with zero attached hydrogens (tertiary/aromatic N) is 4. The Bertz CT molecular complexity index is 1020. The average molecular weight is 349 g/mol. The molecule has 0 spiro atoms. The highest BCUT2D eigenvalue weighted by Gasteiger charge is 2.10. The maximum atomic E-state index is 6.03. The molecular weight excluding hydrogens is 336 g/mol. The molecular formula is C18H13ClN6. The van der Waals surface area contributed by atoms with Crippen LogP contribution < -0.4 is 10.6 Å². The highest BCUT2D eigenvalue weighted by atomic mass is 35.5. The van der Waals surface area contributed by atoms with Crippen LogP contribution in [0.4, 0.5) is 23.1 Å². The van der Waals surface area contributed by atoms with Gasteiger partial charge in [-0.1, -0.05) is 35.9 Å². The zero-order valence-corrected chi connectivity index (χ0v) is 13.8. The van der Waals surface area contributed by atoms with E-state index in [0.717, 1.165) is 11.4 Å². The summed E-state index contributed by atoms with van der Waals surface area (Å²) >= 11 is 6.03. The first kappa shape index (κ1) is 15.3. The standard InChI is InChI=1S/C18H13ClN6/c19-12-5-4-8-14(11-12)23-18-24-16-15(20-9-10-21-16)17(25-18)22-13-6-2-1-3-7-13/h1-11H,(H2,21,22,23,24,25). The Morgan fingerprint density at radius 1 is 0.760 bits per heavy atom. The third kappa shape index (κ3) is 3.49. The molecule has 4 aromatic rings. The molecule has 25 heavy (non-hydrogen) atoms. The van der Waals surface area contributed by atoms with Crippen molar-refractivity contribution in [1.82, 2.24) is 19.9 Å². The Morgan fingerprint density at radius 2 is 1.56 bits per heavy atom. The van der Waals surface area contributed by atoms with Crippen LogP contribution in [-0.4, -0.2) is 19.9 Å². The van der Waals surface area contributed by atoms with Gasteiger partial charge in [0, 0.05) is 28.8 Å². The maximum absolute atomic E-state index is 6.03. The molecule has 4 rings (SSSR count). The quantitative estimate of drug-likeness (QED) is 0.563. The molecule has 0 amide bonds. The van der Waals surface area contributed by atoms with Crippen LogP contribution in [0, 0.1) is 0 Å². The molecule has 0 aliphatic carbocycles. The van der Waals surface area contributed by atoms with Gasteiger partial charge in [0.25, 0.3) is 0 Å². The summed E-state index contributed by atoms with van der Waals surface area (Å²) < 4.78 is 0. The van der Waals surface area contributed by atoms with Crippen molar-refractivity contribution in [1.29, 1.82) is 0 Å². The minimum Gasteiger partial charge on any atom is -0.338 e. The lowest BCUT2D eigenvalue weighted by molar-refractivity contribution is 1.15. The van der Waals surface area contributed by atoms with Crippen LogP contribution in [0.2, 0.25) is 5.02 Å². The number of rotatable bonds is 4. The van der Waals surface area contributed by atoms with Gasteiger partial charge in [0.05, 0.1) is 0 Å². The van der Waals surface area contributed by atoms with Crippen LogP contribution in [0.3, 0.4) is 0 Å². The normalized spacial score (nSPS) is 10.6. The topological polar surface area (TPSA) is 75.6 Å². The van der Waals surface area contributed by atoms with Crippen LogP contribution in [0.15, 0.2) is 67.0 Å². The van der Waals surface area contributed by atoms with Gasteiger partial charge in [-0.3, -0.25) is 0 Å². The van der Waals surface area contributed by atoms with Crippen LogP contribution in [-0.2, 0) is 0 Å². The second-order valence-electron chi connectivity index (χ2n) is 5.25. The van der Waals surface area contributed by atoms with Crippen molar-refractivity contribution >= 4 is 45.9 Å². The lowest BCUT2D eigenvalue weighted by atomic mass is 10.3. The minimum absolute atomic E-state index is 0.411. The van der Waals surface area contributed by atoms with E-state index in [1.54, 1.807) is 18.5 Å². The molecule has 0 fully saturated rings. The first-order chi connectivity index (χ1) is 12.3. The van der Waals surface area contributed by atoms with Gasteiger partial charge in [-0.15, -0.1) is 0 Å². The predicted molar refractivity (Wildman–Crippen MR) is 99.6 cm³/mol. The van der Waals surface area contributed by atoms with E-state index in [9.17, 15) is 0 Å². The predicted octanol–water partition coefficient (Wildman–Crippen LogP) is 4.56. The van der Waals surface area contributed by atoms with Gasteiger partial charge in [0.1, 0.15) is 0 Å². The molecule has 6 nitrogen and oxygen atoms in total. The first-order valence-electron chi connectivity index (χ1n) is 7.61. The van der Waals surface area contributed by atoms with Crippen molar-refractivity contribution in [2.24, 2.45) is 0 Å². The summed E-state index contributed by atoms with van der Waals surface area (Å²) in [6, 6.07) is 17.1. The van der Waals surface area contributed by atoms with Gasteiger partial charge in [-0.05, 0) is 30.3 Å². The molecule has 0 bridgehead atoms. The average Bonchev–Trinajstić information content (AvgIpc) is 2.63. The fourth-order valence-electron chi connectivity index (χ4n) is 2.36. The maximum Gasteiger partial charge on any atom is 0.231 e. The Balaban J connectivity index is 1.75. The Kier molecular flexibility index (Phi) is 4.10. The van der Waals surface area contributed by atoms with Gasteiger partial charge in [-0.2, -0.15) is 9.97 Å². The Morgan fingerprint density at radius 3 is 2.40 bits per heavy atom. The van der Waals surface area contributed by atoms with Crippen molar-refractivity contribution in [3.63, 3.8) is 0 Å². The molecule has 2 aromatic heterocycles. The molecule has 2 N–H and O–H groups in total. The summed E-state index contributed by atoms with van der Waals surface area (Å²) in [5.74, 6) is 0.988. The molecule has 0 aliphatic heterocycles.